The van der Waals surface area contributed by atoms with E-state index in [1.807, 2.05) is 0 Å². The minimum atomic E-state index is -4.55. The van der Waals surface area contributed by atoms with Crippen LogP contribution in [0.2, 0.25) is 15.1 Å². The van der Waals surface area contributed by atoms with Gasteiger partial charge in [0.1, 0.15) is 26.0 Å². The smallest absolute Gasteiger partial charge is 0.341 e. The SMILES string of the molecule is CCOC(=O)c1c(-c2ccccc2Cl)csc1NC(=O)c1ccc(Cl)c(S(=O)(=O)Nc2ccccc2C(=O)Nc2scc(-c3ccccc3Cl)c2C(=O)OCC)c1. The van der Waals surface area contributed by atoms with Crippen LogP contribution in [0.1, 0.15) is 55.3 Å². The molecule has 11 nitrogen and oxygen atoms in total. The summed E-state index contributed by atoms with van der Waals surface area (Å²) >= 11 is 21.4. The zero-order valence-electron chi connectivity index (χ0n) is 29.9. The minimum Gasteiger partial charge on any atom is -0.462 e. The van der Waals surface area contributed by atoms with E-state index in [-0.39, 0.29) is 56.2 Å². The zero-order chi connectivity index (χ0) is 40.9. The van der Waals surface area contributed by atoms with E-state index < -0.39 is 38.7 Å². The topological polar surface area (TPSA) is 157 Å². The van der Waals surface area contributed by atoms with Crippen molar-refractivity contribution in [2.75, 3.05) is 28.6 Å². The van der Waals surface area contributed by atoms with E-state index in [4.69, 9.17) is 44.3 Å². The van der Waals surface area contributed by atoms with Crippen molar-refractivity contribution in [1.82, 2.24) is 0 Å². The van der Waals surface area contributed by atoms with E-state index in [1.54, 1.807) is 73.1 Å². The number of sulfonamides is 1. The predicted octanol–water partition coefficient (Wildman–Crippen LogP) is 10.8. The molecular weight excluding hydrogens is 853 g/mol. The summed E-state index contributed by atoms with van der Waals surface area (Å²) in [5.41, 5.74) is 1.85. The first kappa shape index (κ1) is 41.4. The molecule has 0 aliphatic carbocycles. The Morgan fingerprint density at radius 3 is 1.63 bits per heavy atom. The summed E-state index contributed by atoms with van der Waals surface area (Å²) in [6.07, 6.45) is 0. The molecule has 292 valence electrons. The zero-order valence-corrected chi connectivity index (χ0v) is 34.6. The molecule has 4 aromatic carbocycles. The minimum absolute atomic E-state index is 0.0766. The lowest BCUT2D eigenvalue weighted by Crippen LogP contribution is -2.20. The van der Waals surface area contributed by atoms with Crippen LogP contribution in [0.25, 0.3) is 22.3 Å². The van der Waals surface area contributed by atoms with Crippen LogP contribution >= 0.6 is 57.5 Å². The van der Waals surface area contributed by atoms with Gasteiger partial charge >= 0.3 is 11.9 Å². The number of amides is 2. The largest absolute Gasteiger partial charge is 0.462 e. The van der Waals surface area contributed by atoms with Crippen molar-refractivity contribution in [1.29, 1.82) is 0 Å². The number of hydrogen-bond acceptors (Lipinski definition) is 10. The number of carbonyl (C=O) groups excluding carboxylic acids is 4. The molecule has 2 amide bonds. The Morgan fingerprint density at radius 1 is 0.614 bits per heavy atom. The van der Waals surface area contributed by atoms with Crippen molar-refractivity contribution in [3.05, 3.63) is 139 Å². The normalized spacial score (nSPS) is 11.1. The third-order valence-corrected chi connectivity index (χ3v) is 12.5. The summed E-state index contributed by atoms with van der Waals surface area (Å²) in [6.45, 7) is 3.45. The Bertz CT molecular complexity index is 2640. The summed E-state index contributed by atoms with van der Waals surface area (Å²) in [5, 5.41) is 9.60. The lowest BCUT2D eigenvalue weighted by molar-refractivity contribution is 0.0519. The molecule has 6 rings (SSSR count). The number of ether oxygens (including phenoxy) is 2. The number of anilines is 3. The Morgan fingerprint density at radius 2 is 1.11 bits per heavy atom. The predicted molar refractivity (Wildman–Crippen MR) is 226 cm³/mol. The first-order valence-corrected chi connectivity index (χ1v) is 21.3. The number of para-hydroxylation sites is 1. The highest BCUT2D eigenvalue weighted by atomic mass is 35.5. The summed E-state index contributed by atoms with van der Waals surface area (Å²) in [7, 11) is -4.55. The Kier molecular flexibility index (Phi) is 13.0. The molecule has 3 N–H and O–H groups in total. The number of carbonyl (C=O) groups is 4. The molecule has 0 unspecified atom stereocenters. The van der Waals surface area contributed by atoms with Gasteiger partial charge < -0.3 is 20.1 Å². The van der Waals surface area contributed by atoms with Gasteiger partial charge in [0.05, 0.1) is 29.5 Å². The quantitative estimate of drug-likeness (QED) is 0.0968. The summed E-state index contributed by atoms with van der Waals surface area (Å²) < 4.78 is 40.8. The molecular formula is C40H30Cl3N3O8S3. The van der Waals surface area contributed by atoms with Gasteiger partial charge in [-0.2, -0.15) is 0 Å². The average Bonchev–Trinajstić information content (AvgIpc) is 3.79. The van der Waals surface area contributed by atoms with Crippen LogP contribution in [0.4, 0.5) is 15.7 Å². The van der Waals surface area contributed by atoms with Gasteiger partial charge in [-0.1, -0.05) is 83.3 Å². The Balaban J connectivity index is 1.27. The number of esters is 2. The number of hydrogen-bond donors (Lipinski definition) is 3. The molecule has 0 bridgehead atoms. The first-order valence-electron chi connectivity index (χ1n) is 17.0. The van der Waals surface area contributed by atoms with Crippen LogP contribution in [0.15, 0.2) is 107 Å². The third-order valence-electron chi connectivity index (χ3n) is 8.22. The standard InChI is InChI=1S/C40H30Cl3N3O8S3/c1-3-53-39(49)33-26(23-11-5-8-14-28(23)41)20-55-37(33)44-35(47)22-17-18-30(43)32(19-22)57(51,52)46-31-16-10-7-13-25(31)36(48)45-38-34(40(50)54-4-2)27(21-56-38)24-12-6-9-15-29(24)42/h5-21,46H,3-4H2,1-2H3,(H,44,47)(H,45,48). The van der Waals surface area contributed by atoms with E-state index in [1.165, 1.54) is 36.4 Å². The van der Waals surface area contributed by atoms with Crippen LogP contribution in [-0.2, 0) is 19.5 Å². The van der Waals surface area contributed by atoms with Gasteiger partial charge in [-0.3, -0.25) is 14.3 Å². The Labute approximate surface area is 350 Å². The fourth-order valence-corrected chi connectivity index (χ4v) is 9.60. The van der Waals surface area contributed by atoms with Gasteiger partial charge in [-0.25, -0.2) is 18.0 Å². The molecule has 0 atom stereocenters. The van der Waals surface area contributed by atoms with Gasteiger partial charge in [-0.05, 0) is 56.3 Å². The van der Waals surface area contributed by atoms with Crippen LogP contribution in [0.3, 0.4) is 0 Å². The number of benzene rings is 4. The monoisotopic (exact) mass is 881 g/mol. The van der Waals surface area contributed by atoms with Crippen LogP contribution in [-0.4, -0.2) is 45.4 Å². The lowest BCUT2D eigenvalue weighted by Gasteiger charge is -2.15. The molecule has 0 fully saturated rings. The van der Waals surface area contributed by atoms with Crippen molar-refractivity contribution in [2.45, 2.75) is 18.7 Å². The maximum atomic E-state index is 13.9. The van der Waals surface area contributed by atoms with Gasteiger partial charge in [0.25, 0.3) is 21.8 Å². The maximum Gasteiger partial charge on any atom is 0.341 e. The van der Waals surface area contributed by atoms with Gasteiger partial charge in [0.2, 0.25) is 0 Å². The molecule has 0 aliphatic rings. The third kappa shape index (κ3) is 9.01. The number of thiophene rings is 2. The number of nitrogens with one attached hydrogen (secondary N) is 3. The fourth-order valence-electron chi connectivity index (χ4n) is 5.63. The molecule has 0 saturated heterocycles. The molecule has 6 aromatic rings. The molecule has 17 heteroatoms. The Hall–Kier alpha value is -5.22. The lowest BCUT2D eigenvalue weighted by atomic mass is 10.0. The average molecular weight is 883 g/mol. The molecule has 2 aromatic heterocycles. The van der Waals surface area contributed by atoms with E-state index in [9.17, 15) is 27.6 Å². The van der Waals surface area contributed by atoms with Gasteiger partial charge in [-0.15, -0.1) is 22.7 Å². The highest BCUT2D eigenvalue weighted by Crippen LogP contribution is 2.41. The van der Waals surface area contributed by atoms with Gasteiger partial charge in [0.15, 0.2) is 0 Å². The van der Waals surface area contributed by atoms with Crippen LogP contribution in [0, 0.1) is 0 Å². The maximum absolute atomic E-state index is 13.9. The van der Waals surface area contributed by atoms with Crippen molar-refractivity contribution in [3.8, 4) is 22.3 Å². The summed E-state index contributed by atoms with van der Waals surface area (Å²) in [5.74, 6) is -2.86. The van der Waals surface area contributed by atoms with E-state index in [0.717, 1.165) is 28.7 Å². The molecule has 0 saturated carbocycles. The van der Waals surface area contributed by atoms with Crippen molar-refractivity contribution in [2.24, 2.45) is 0 Å². The second-order valence-electron chi connectivity index (χ2n) is 11.8. The van der Waals surface area contributed by atoms with Crippen molar-refractivity contribution in [3.63, 3.8) is 0 Å². The second-order valence-corrected chi connectivity index (χ2v) is 16.4. The number of halogens is 3. The van der Waals surface area contributed by atoms with Crippen molar-refractivity contribution < 1.29 is 37.1 Å². The van der Waals surface area contributed by atoms with E-state index in [2.05, 4.69) is 15.4 Å². The fraction of sp³-hybridized carbons (Fsp3) is 0.100. The molecule has 2 heterocycles. The first-order chi connectivity index (χ1) is 27.3. The molecule has 0 spiro atoms. The number of rotatable bonds is 13. The highest BCUT2D eigenvalue weighted by Gasteiger charge is 2.28. The van der Waals surface area contributed by atoms with Crippen LogP contribution < -0.4 is 15.4 Å². The highest BCUT2D eigenvalue weighted by molar-refractivity contribution is 7.92. The summed E-state index contributed by atoms with van der Waals surface area (Å²) in [4.78, 5) is 53.2. The molecule has 0 radical (unpaired) electrons. The summed E-state index contributed by atoms with van der Waals surface area (Å²) in [6, 6.07) is 23.2. The van der Waals surface area contributed by atoms with Crippen molar-refractivity contribution >= 4 is 107 Å². The molecule has 0 aliphatic heterocycles. The van der Waals surface area contributed by atoms with E-state index in [0.29, 0.717) is 32.3 Å². The van der Waals surface area contributed by atoms with Crippen LogP contribution in [0.5, 0.6) is 0 Å². The van der Waals surface area contributed by atoms with E-state index >= 15 is 0 Å². The second kappa shape index (κ2) is 17.9. The van der Waals surface area contributed by atoms with Gasteiger partial charge in [0, 0.05) is 48.6 Å². The molecule has 57 heavy (non-hydrogen) atoms.